The molecular formula is C20H23N3O3. The summed E-state index contributed by atoms with van der Waals surface area (Å²) >= 11 is 0. The van der Waals surface area contributed by atoms with Gasteiger partial charge in [-0.05, 0) is 55.4 Å². The van der Waals surface area contributed by atoms with Crippen LogP contribution < -0.4 is 10.6 Å². The quantitative estimate of drug-likeness (QED) is 0.628. The van der Waals surface area contributed by atoms with Gasteiger partial charge in [-0.1, -0.05) is 18.2 Å². The van der Waals surface area contributed by atoms with Gasteiger partial charge in [0.1, 0.15) is 0 Å². The van der Waals surface area contributed by atoms with E-state index in [0.717, 1.165) is 18.4 Å². The molecule has 0 spiro atoms. The summed E-state index contributed by atoms with van der Waals surface area (Å²) in [7, 11) is 1.69. The SMILES string of the molecule is CNc1ccc([N+](=O)[O-])cc1C(=O)NC(C)c1ccc2c(c1)CCCC2. The van der Waals surface area contributed by atoms with Crippen molar-refractivity contribution in [1.29, 1.82) is 0 Å². The summed E-state index contributed by atoms with van der Waals surface area (Å²) in [4.78, 5) is 23.2. The lowest BCUT2D eigenvalue weighted by Crippen LogP contribution is -2.27. The molecule has 0 aliphatic heterocycles. The number of benzene rings is 2. The molecule has 1 atom stereocenters. The van der Waals surface area contributed by atoms with Crippen molar-refractivity contribution < 1.29 is 9.72 Å². The van der Waals surface area contributed by atoms with Crippen LogP contribution in [0.3, 0.4) is 0 Å². The van der Waals surface area contributed by atoms with Crippen LogP contribution in [0.15, 0.2) is 36.4 Å². The molecule has 2 aromatic carbocycles. The van der Waals surface area contributed by atoms with Gasteiger partial charge in [-0.3, -0.25) is 14.9 Å². The molecule has 6 nitrogen and oxygen atoms in total. The molecule has 26 heavy (non-hydrogen) atoms. The number of carbonyl (C=O) groups is 1. The number of rotatable bonds is 5. The van der Waals surface area contributed by atoms with Gasteiger partial charge in [0.05, 0.1) is 16.5 Å². The number of hydrogen-bond donors (Lipinski definition) is 2. The van der Waals surface area contributed by atoms with Crippen LogP contribution in [0.2, 0.25) is 0 Å². The standard InChI is InChI=1S/C20H23N3O3/c1-13(15-8-7-14-5-3-4-6-16(14)11-15)22-20(24)18-12-17(23(25)26)9-10-19(18)21-2/h7-13,21H,3-6H2,1-2H3,(H,22,24). The first kappa shape index (κ1) is 17.9. The maximum absolute atomic E-state index is 12.7. The fourth-order valence-electron chi connectivity index (χ4n) is 3.43. The Balaban J connectivity index is 1.81. The molecule has 0 aromatic heterocycles. The highest BCUT2D eigenvalue weighted by Crippen LogP contribution is 2.26. The van der Waals surface area contributed by atoms with Crippen LogP contribution in [-0.4, -0.2) is 17.9 Å². The second-order valence-electron chi connectivity index (χ2n) is 6.67. The predicted molar refractivity (Wildman–Crippen MR) is 102 cm³/mol. The zero-order chi connectivity index (χ0) is 18.7. The molecular weight excluding hydrogens is 330 g/mol. The Morgan fingerprint density at radius 2 is 1.85 bits per heavy atom. The fraction of sp³-hybridized carbons (Fsp3) is 0.350. The minimum Gasteiger partial charge on any atom is -0.387 e. The Hall–Kier alpha value is -2.89. The molecule has 0 radical (unpaired) electrons. The number of fused-ring (bicyclic) bond motifs is 1. The predicted octanol–water partition coefficient (Wildman–Crippen LogP) is 4.01. The summed E-state index contributed by atoms with van der Waals surface area (Å²) in [5, 5.41) is 16.9. The van der Waals surface area contributed by atoms with Gasteiger partial charge < -0.3 is 10.6 Å². The second kappa shape index (κ2) is 7.56. The van der Waals surface area contributed by atoms with Gasteiger partial charge in [-0.2, -0.15) is 0 Å². The lowest BCUT2D eigenvalue weighted by molar-refractivity contribution is -0.384. The van der Waals surface area contributed by atoms with Crippen molar-refractivity contribution in [3.05, 3.63) is 68.8 Å². The number of aryl methyl sites for hydroxylation is 2. The van der Waals surface area contributed by atoms with Crippen molar-refractivity contribution >= 4 is 17.3 Å². The highest BCUT2D eigenvalue weighted by Gasteiger charge is 2.19. The van der Waals surface area contributed by atoms with Crippen LogP contribution in [0.25, 0.3) is 0 Å². The van der Waals surface area contributed by atoms with E-state index < -0.39 is 4.92 Å². The number of nitro benzene ring substituents is 1. The van der Waals surface area contributed by atoms with Crippen molar-refractivity contribution in [2.75, 3.05) is 12.4 Å². The third-order valence-corrected chi connectivity index (χ3v) is 4.95. The highest BCUT2D eigenvalue weighted by molar-refractivity contribution is 6.00. The van der Waals surface area contributed by atoms with Crippen LogP contribution >= 0.6 is 0 Å². The van der Waals surface area contributed by atoms with Gasteiger partial charge in [0.2, 0.25) is 0 Å². The van der Waals surface area contributed by atoms with Gasteiger partial charge in [0.25, 0.3) is 11.6 Å². The number of nitrogens with one attached hydrogen (secondary N) is 2. The molecule has 2 N–H and O–H groups in total. The van der Waals surface area contributed by atoms with Crippen molar-refractivity contribution in [2.45, 2.75) is 38.6 Å². The summed E-state index contributed by atoms with van der Waals surface area (Å²) in [6.07, 6.45) is 4.64. The lowest BCUT2D eigenvalue weighted by Gasteiger charge is -2.20. The van der Waals surface area contributed by atoms with Gasteiger partial charge in [0, 0.05) is 24.9 Å². The van der Waals surface area contributed by atoms with E-state index in [9.17, 15) is 14.9 Å². The van der Waals surface area contributed by atoms with Gasteiger partial charge in [-0.25, -0.2) is 0 Å². The first-order valence-corrected chi connectivity index (χ1v) is 8.88. The summed E-state index contributed by atoms with van der Waals surface area (Å²) in [6, 6.07) is 10.4. The van der Waals surface area contributed by atoms with E-state index in [4.69, 9.17) is 0 Å². The minimum absolute atomic E-state index is 0.101. The molecule has 1 unspecified atom stereocenters. The normalized spacial score (nSPS) is 14.2. The number of nitro groups is 1. The zero-order valence-electron chi connectivity index (χ0n) is 15.0. The van der Waals surface area contributed by atoms with E-state index in [1.807, 2.05) is 6.92 Å². The van der Waals surface area contributed by atoms with Crippen LogP contribution in [0.4, 0.5) is 11.4 Å². The van der Waals surface area contributed by atoms with Crippen molar-refractivity contribution in [1.82, 2.24) is 5.32 Å². The van der Waals surface area contributed by atoms with Gasteiger partial charge in [-0.15, -0.1) is 0 Å². The Bertz CT molecular complexity index is 848. The summed E-state index contributed by atoms with van der Waals surface area (Å²) in [6.45, 7) is 1.93. The van der Waals surface area contributed by atoms with Crippen LogP contribution in [0, 0.1) is 10.1 Å². The zero-order valence-corrected chi connectivity index (χ0v) is 15.0. The van der Waals surface area contributed by atoms with Crippen molar-refractivity contribution in [3.8, 4) is 0 Å². The van der Waals surface area contributed by atoms with Crippen molar-refractivity contribution in [3.63, 3.8) is 0 Å². The van der Waals surface area contributed by atoms with E-state index in [-0.39, 0.29) is 23.2 Å². The average molecular weight is 353 g/mol. The topological polar surface area (TPSA) is 84.3 Å². The van der Waals surface area contributed by atoms with E-state index in [1.54, 1.807) is 13.1 Å². The van der Waals surface area contributed by atoms with Gasteiger partial charge >= 0.3 is 0 Å². The Morgan fingerprint density at radius 3 is 2.54 bits per heavy atom. The number of non-ortho nitro benzene ring substituents is 1. The minimum atomic E-state index is -0.497. The molecule has 0 fully saturated rings. The molecule has 0 bridgehead atoms. The molecule has 1 aliphatic rings. The summed E-state index contributed by atoms with van der Waals surface area (Å²) in [5.41, 5.74) is 4.54. The smallest absolute Gasteiger partial charge is 0.270 e. The average Bonchev–Trinajstić information content (AvgIpc) is 2.66. The second-order valence-corrected chi connectivity index (χ2v) is 6.67. The summed E-state index contributed by atoms with van der Waals surface area (Å²) < 4.78 is 0. The first-order chi connectivity index (χ1) is 12.5. The van der Waals surface area contributed by atoms with E-state index in [1.165, 1.54) is 36.1 Å². The van der Waals surface area contributed by atoms with Crippen LogP contribution in [0.1, 0.15) is 52.9 Å². The molecule has 1 amide bonds. The summed E-state index contributed by atoms with van der Waals surface area (Å²) in [5.74, 6) is -0.330. The third-order valence-electron chi connectivity index (χ3n) is 4.95. The fourth-order valence-corrected chi connectivity index (χ4v) is 3.43. The number of amides is 1. The number of hydrogen-bond acceptors (Lipinski definition) is 4. The largest absolute Gasteiger partial charge is 0.387 e. The Kier molecular flexibility index (Phi) is 5.21. The molecule has 0 heterocycles. The number of carbonyl (C=O) groups excluding carboxylic acids is 1. The maximum Gasteiger partial charge on any atom is 0.270 e. The third kappa shape index (κ3) is 3.69. The molecule has 136 valence electrons. The molecule has 1 aliphatic carbocycles. The molecule has 0 saturated heterocycles. The Morgan fingerprint density at radius 1 is 1.12 bits per heavy atom. The van der Waals surface area contributed by atoms with Crippen LogP contribution in [-0.2, 0) is 12.8 Å². The molecule has 3 rings (SSSR count). The molecule has 0 saturated carbocycles. The first-order valence-electron chi connectivity index (χ1n) is 8.88. The number of nitrogens with zero attached hydrogens (tertiary/aromatic N) is 1. The monoisotopic (exact) mass is 353 g/mol. The lowest BCUT2D eigenvalue weighted by atomic mass is 9.89. The maximum atomic E-state index is 12.7. The number of anilines is 1. The molecule has 2 aromatic rings. The molecule has 6 heteroatoms. The van der Waals surface area contributed by atoms with Crippen molar-refractivity contribution in [2.24, 2.45) is 0 Å². The van der Waals surface area contributed by atoms with Crippen LogP contribution in [0.5, 0.6) is 0 Å². The van der Waals surface area contributed by atoms with E-state index in [2.05, 4.69) is 28.8 Å². The van der Waals surface area contributed by atoms with E-state index >= 15 is 0 Å². The van der Waals surface area contributed by atoms with E-state index in [0.29, 0.717) is 5.69 Å². The van der Waals surface area contributed by atoms with Gasteiger partial charge in [0.15, 0.2) is 0 Å². The highest BCUT2D eigenvalue weighted by atomic mass is 16.6. The Labute approximate surface area is 152 Å².